The Morgan fingerprint density at radius 2 is 2.00 bits per heavy atom. The third-order valence-electron chi connectivity index (χ3n) is 4.01. The normalized spacial score (nSPS) is 14.3. The molecule has 9 nitrogen and oxygen atoms in total. The van der Waals surface area contributed by atoms with Crippen LogP contribution >= 0.6 is 22.6 Å². The van der Waals surface area contributed by atoms with Gasteiger partial charge in [0.15, 0.2) is 17.2 Å². The van der Waals surface area contributed by atoms with E-state index in [1.165, 1.54) is 37.5 Å². The van der Waals surface area contributed by atoms with Gasteiger partial charge in [-0.15, -0.1) is 0 Å². The second-order valence-electron chi connectivity index (χ2n) is 6.00. The van der Waals surface area contributed by atoms with E-state index in [0.717, 1.165) is 0 Å². The molecule has 10 heteroatoms. The topological polar surface area (TPSA) is 117 Å². The van der Waals surface area contributed by atoms with E-state index in [9.17, 15) is 19.7 Å². The molecule has 154 valence electrons. The zero-order valence-electron chi connectivity index (χ0n) is 15.9. The summed E-state index contributed by atoms with van der Waals surface area (Å²) in [6.45, 7) is 1.69. The molecule has 0 saturated heterocycles. The fourth-order valence-corrected chi connectivity index (χ4v) is 3.26. The van der Waals surface area contributed by atoms with Crippen LogP contribution in [0.4, 0.5) is 5.69 Å². The lowest BCUT2D eigenvalue weighted by atomic mass is 10.1. The predicted molar refractivity (Wildman–Crippen MR) is 115 cm³/mol. The van der Waals surface area contributed by atoms with Gasteiger partial charge in [-0.1, -0.05) is 6.92 Å². The molecular weight excluding hydrogens is 507 g/mol. The minimum absolute atomic E-state index is 0.0521. The Morgan fingerprint density at radius 3 is 2.60 bits per heavy atom. The molecule has 30 heavy (non-hydrogen) atoms. The molecule has 0 amide bonds. The lowest BCUT2D eigenvalue weighted by molar-refractivity contribution is -0.384. The van der Waals surface area contributed by atoms with Crippen molar-refractivity contribution in [2.45, 2.75) is 13.3 Å². The van der Waals surface area contributed by atoms with E-state index in [1.54, 1.807) is 19.1 Å². The van der Waals surface area contributed by atoms with Gasteiger partial charge in [0.25, 0.3) is 5.69 Å². The van der Waals surface area contributed by atoms with Gasteiger partial charge in [0.2, 0.25) is 5.90 Å². The highest BCUT2D eigenvalue weighted by molar-refractivity contribution is 14.1. The van der Waals surface area contributed by atoms with Crippen LogP contribution in [0.1, 0.15) is 24.5 Å². The van der Waals surface area contributed by atoms with Crippen molar-refractivity contribution in [3.05, 3.63) is 66.9 Å². The summed E-state index contributed by atoms with van der Waals surface area (Å²) in [5, 5.41) is 10.8. The third-order valence-corrected chi connectivity index (χ3v) is 4.81. The third kappa shape index (κ3) is 4.64. The van der Waals surface area contributed by atoms with Gasteiger partial charge >= 0.3 is 11.9 Å². The number of aliphatic imine (C=N–C) groups is 1. The molecule has 2 aromatic rings. The van der Waals surface area contributed by atoms with Crippen LogP contribution in [0.2, 0.25) is 0 Å². The predicted octanol–water partition coefficient (Wildman–Crippen LogP) is 3.87. The molecule has 2 aromatic carbocycles. The number of non-ortho nitro benzene ring substituents is 1. The number of nitro groups is 1. The van der Waals surface area contributed by atoms with Crippen LogP contribution in [0.25, 0.3) is 6.08 Å². The Labute approximate surface area is 184 Å². The van der Waals surface area contributed by atoms with Gasteiger partial charge in [-0.2, -0.15) is 0 Å². The monoisotopic (exact) mass is 522 g/mol. The molecule has 0 atom stereocenters. The zero-order valence-corrected chi connectivity index (χ0v) is 18.0. The van der Waals surface area contributed by atoms with Crippen LogP contribution < -0.4 is 9.47 Å². The number of halogens is 1. The van der Waals surface area contributed by atoms with Crippen molar-refractivity contribution in [1.29, 1.82) is 0 Å². The maximum atomic E-state index is 12.2. The average Bonchev–Trinajstić information content (AvgIpc) is 3.09. The molecule has 0 bridgehead atoms. The quantitative estimate of drug-likeness (QED) is 0.141. The van der Waals surface area contributed by atoms with E-state index in [4.69, 9.17) is 14.2 Å². The van der Waals surface area contributed by atoms with Crippen LogP contribution in [-0.2, 0) is 14.3 Å². The maximum Gasteiger partial charge on any atom is 0.363 e. The number of hydrogen-bond acceptors (Lipinski definition) is 8. The molecular formula is C20H15IN2O7. The Morgan fingerprint density at radius 1 is 1.30 bits per heavy atom. The van der Waals surface area contributed by atoms with Crippen LogP contribution in [0, 0.1) is 13.7 Å². The molecule has 0 saturated carbocycles. The largest absolute Gasteiger partial charge is 0.493 e. The minimum atomic E-state index is -0.654. The van der Waals surface area contributed by atoms with E-state index in [1.807, 2.05) is 22.6 Å². The van der Waals surface area contributed by atoms with Crippen molar-refractivity contribution in [3.63, 3.8) is 0 Å². The van der Waals surface area contributed by atoms with Crippen LogP contribution in [0.5, 0.6) is 11.5 Å². The fraction of sp³-hybridized carbons (Fsp3) is 0.150. The average molecular weight is 522 g/mol. The number of benzene rings is 2. The summed E-state index contributed by atoms with van der Waals surface area (Å²) in [4.78, 5) is 38.3. The molecule has 1 aliphatic rings. The standard InChI is InChI=1S/C20H15IN2O7/c1-3-17(24)29-18-14(21)8-11(10-16(18)28-2)9-15-20(25)30-19(22-15)12-4-6-13(7-5-12)23(26)27/h4-10H,3H2,1-2H3/b15-9-. The van der Waals surface area contributed by atoms with Crippen molar-refractivity contribution in [3.8, 4) is 11.5 Å². The zero-order chi connectivity index (χ0) is 21.8. The molecule has 0 N–H and O–H groups in total. The first kappa shape index (κ1) is 21.4. The summed E-state index contributed by atoms with van der Waals surface area (Å²) in [7, 11) is 1.44. The number of cyclic esters (lactones) is 1. The van der Waals surface area contributed by atoms with Crippen molar-refractivity contribution in [2.24, 2.45) is 4.99 Å². The SMILES string of the molecule is CCC(=O)Oc1c(I)cc(/C=C2\N=C(c3ccc([N+](=O)[O-])cc3)OC2=O)cc1OC. The molecule has 0 fully saturated rings. The number of nitro benzene ring substituents is 1. The lowest BCUT2D eigenvalue weighted by Gasteiger charge is -2.11. The number of hydrogen-bond donors (Lipinski definition) is 0. The molecule has 0 radical (unpaired) electrons. The molecule has 0 spiro atoms. The number of esters is 2. The van der Waals surface area contributed by atoms with Gasteiger partial charge in [-0.25, -0.2) is 9.79 Å². The van der Waals surface area contributed by atoms with Gasteiger partial charge in [0.05, 0.1) is 15.6 Å². The van der Waals surface area contributed by atoms with Crippen LogP contribution in [0.3, 0.4) is 0 Å². The Bertz CT molecular complexity index is 1090. The van der Waals surface area contributed by atoms with E-state index < -0.39 is 16.9 Å². The summed E-state index contributed by atoms with van der Waals surface area (Å²) in [6.07, 6.45) is 1.73. The summed E-state index contributed by atoms with van der Waals surface area (Å²) in [5.74, 6) is -0.359. The Hall–Kier alpha value is -3.28. The van der Waals surface area contributed by atoms with Crippen LogP contribution in [0.15, 0.2) is 47.1 Å². The summed E-state index contributed by atoms with van der Waals surface area (Å²) in [6, 6.07) is 8.83. The second-order valence-corrected chi connectivity index (χ2v) is 7.16. The Kier molecular flexibility index (Phi) is 6.45. The highest BCUT2D eigenvalue weighted by Gasteiger charge is 2.25. The summed E-state index contributed by atoms with van der Waals surface area (Å²) < 4.78 is 16.4. The van der Waals surface area contributed by atoms with E-state index in [2.05, 4.69) is 4.99 Å². The Balaban J connectivity index is 1.92. The van der Waals surface area contributed by atoms with E-state index in [-0.39, 0.29) is 23.7 Å². The number of carbonyl (C=O) groups excluding carboxylic acids is 2. The first-order valence-electron chi connectivity index (χ1n) is 8.68. The minimum Gasteiger partial charge on any atom is -0.493 e. The lowest BCUT2D eigenvalue weighted by Crippen LogP contribution is -2.08. The second kappa shape index (κ2) is 9.03. The van der Waals surface area contributed by atoms with Crippen molar-refractivity contribution < 1.29 is 28.7 Å². The summed E-state index contributed by atoms with van der Waals surface area (Å²) >= 11 is 2.00. The molecule has 3 rings (SSSR count). The number of rotatable bonds is 6. The fourth-order valence-electron chi connectivity index (χ4n) is 2.52. The van der Waals surface area contributed by atoms with Gasteiger partial charge < -0.3 is 14.2 Å². The number of nitrogens with zero attached hydrogens (tertiary/aromatic N) is 2. The molecule has 1 heterocycles. The van der Waals surface area contributed by atoms with Gasteiger partial charge in [0.1, 0.15) is 0 Å². The van der Waals surface area contributed by atoms with Crippen molar-refractivity contribution >= 4 is 52.2 Å². The summed E-state index contributed by atoms with van der Waals surface area (Å²) in [5.41, 5.74) is 1.00. The highest BCUT2D eigenvalue weighted by atomic mass is 127. The van der Waals surface area contributed by atoms with Gasteiger partial charge in [0, 0.05) is 24.1 Å². The van der Waals surface area contributed by atoms with E-state index in [0.29, 0.717) is 26.2 Å². The first-order chi connectivity index (χ1) is 14.3. The van der Waals surface area contributed by atoms with Gasteiger partial charge in [-0.05, 0) is 58.5 Å². The first-order valence-corrected chi connectivity index (χ1v) is 9.75. The number of methoxy groups -OCH3 is 1. The number of ether oxygens (including phenoxy) is 3. The maximum absolute atomic E-state index is 12.2. The van der Waals surface area contributed by atoms with E-state index >= 15 is 0 Å². The van der Waals surface area contributed by atoms with Crippen molar-refractivity contribution in [2.75, 3.05) is 7.11 Å². The van der Waals surface area contributed by atoms with Crippen LogP contribution in [-0.4, -0.2) is 29.9 Å². The molecule has 0 aliphatic carbocycles. The van der Waals surface area contributed by atoms with Gasteiger partial charge in [-0.3, -0.25) is 14.9 Å². The molecule has 0 unspecified atom stereocenters. The highest BCUT2D eigenvalue weighted by Crippen LogP contribution is 2.35. The number of carbonyl (C=O) groups is 2. The molecule has 1 aliphatic heterocycles. The smallest absolute Gasteiger partial charge is 0.363 e. The molecule has 0 aromatic heterocycles. The van der Waals surface area contributed by atoms with Crippen molar-refractivity contribution in [1.82, 2.24) is 0 Å².